The van der Waals surface area contributed by atoms with Gasteiger partial charge >= 0.3 is 12.1 Å². The average Bonchev–Trinajstić information content (AvgIpc) is 3.46. The van der Waals surface area contributed by atoms with Crippen molar-refractivity contribution >= 4 is 36.2 Å². The van der Waals surface area contributed by atoms with Gasteiger partial charge in [0.25, 0.3) is 0 Å². The van der Waals surface area contributed by atoms with Gasteiger partial charge in [-0.25, -0.2) is 9.59 Å². The number of ether oxygens (including phenoxy) is 2. The number of H-pyrrole nitrogens is 1. The first-order valence-electron chi connectivity index (χ1n) is 14.4. The van der Waals surface area contributed by atoms with Crippen LogP contribution in [0.5, 0.6) is 0 Å². The number of amides is 2. The molecule has 234 valence electrons. The summed E-state index contributed by atoms with van der Waals surface area (Å²) in [5, 5.41) is 6.10. The summed E-state index contributed by atoms with van der Waals surface area (Å²) in [6, 6.07) is 24.4. The second-order valence-corrected chi connectivity index (χ2v) is 13.1. The molecule has 0 fully saturated rings. The molecule has 1 aromatic heterocycles. The molecule has 0 bridgehead atoms. The van der Waals surface area contributed by atoms with Crippen molar-refractivity contribution in [2.45, 2.75) is 37.7 Å². The Balaban J connectivity index is 1.50. The van der Waals surface area contributed by atoms with E-state index in [4.69, 9.17) is 15.9 Å². The van der Waals surface area contributed by atoms with Crippen LogP contribution in [0.2, 0.25) is 0 Å². The van der Waals surface area contributed by atoms with Crippen LogP contribution in [-0.4, -0.2) is 52.9 Å². The number of nitrogens with one attached hydrogen (secondary N) is 3. The minimum atomic E-state index is -4.31. The van der Waals surface area contributed by atoms with E-state index in [1.165, 1.54) is 7.11 Å². The molecule has 11 heteroatoms. The van der Waals surface area contributed by atoms with E-state index in [9.17, 15) is 23.8 Å². The number of hydrogen-bond donors (Lipinski definition) is 4. The topological polar surface area (TPSA) is 147 Å². The van der Waals surface area contributed by atoms with E-state index in [0.29, 0.717) is 5.56 Å². The zero-order valence-electron chi connectivity index (χ0n) is 24.8. The standard InChI is InChI=1S/C34H36N3O7P/c1-3-12-26(32(38)36-30(33(39)43-2)20-27-21-35-29-18-11-10-17-28(27)29)23-45(41,42)31(19-24-13-6-4-7-14-24)37-34(40)44-22-25-15-8-5-9-16-25/h1,4-11,13-18,21,26,30-31,35H,12,19-20,22-23H2,2H3,(H,36,38)(H,37,40)(H,41,42)/t26?,30-,31+/m0/s1. The Labute approximate surface area is 262 Å². The Kier molecular flexibility index (Phi) is 11.6. The number of carbonyl (C=O) groups is 3. The maximum absolute atomic E-state index is 13.9. The molecule has 2 unspecified atom stereocenters. The second kappa shape index (κ2) is 15.8. The molecule has 0 aliphatic carbocycles. The van der Waals surface area contributed by atoms with Crippen molar-refractivity contribution in [2.24, 2.45) is 5.92 Å². The highest BCUT2D eigenvalue weighted by Crippen LogP contribution is 2.48. The van der Waals surface area contributed by atoms with Gasteiger partial charge in [-0.1, -0.05) is 78.9 Å². The average molecular weight is 630 g/mol. The van der Waals surface area contributed by atoms with Crippen molar-refractivity contribution in [1.29, 1.82) is 0 Å². The lowest BCUT2D eigenvalue weighted by Crippen LogP contribution is -2.46. The van der Waals surface area contributed by atoms with Gasteiger partial charge in [-0.3, -0.25) is 9.36 Å². The number of terminal acetylenes is 1. The van der Waals surface area contributed by atoms with Gasteiger partial charge in [0, 0.05) is 42.5 Å². The lowest BCUT2D eigenvalue weighted by molar-refractivity contribution is -0.145. The highest BCUT2D eigenvalue weighted by molar-refractivity contribution is 7.58. The SMILES string of the molecule is C#CCC(CP(=O)(O)[C@H](Cc1ccccc1)NC(=O)OCc1ccccc1)C(=O)N[C@@H](Cc1c[nH]c2ccccc12)C(=O)OC. The lowest BCUT2D eigenvalue weighted by Gasteiger charge is -2.27. The van der Waals surface area contributed by atoms with Gasteiger partial charge < -0.3 is 30.0 Å². The quantitative estimate of drug-likeness (QED) is 0.0893. The Hall–Kier alpha value is -4.84. The van der Waals surface area contributed by atoms with Crippen molar-refractivity contribution in [3.05, 3.63) is 108 Å². The van der Waals surface area contributed by atoms with E-state index >= 15 is 0 Å². The third kappa shape index (κ3) is 9.32. The molecule has 2 amide bonds. The molecule has 0 radical (unpaired) electrons. The van der Waals surface area contributed by atoms with Gasteiger partial charge in [-0.05, 0) is 22.8 Å². The zero-order chi connectivity index (χ0) is 32.2. The van der Waals surface area contributed by atoms with Crippen LogP contribution in [0, 0.1) is 18.3 Å². The molecular weight excluding hydrogens is 593 g/mol. The van der Waals surface area contributed by atoms with Crippen LogP contribution in [0.1, 0.15) is 23.1 Å². The van der Waals surface area contributed by atoms with Crippen molar-refractivity contribution in [3.8, 4) is 12.3 Å². The van der Waals surface area contributed by atoms with Crippen molar-refractivity contribution < 1.29 is 33.3 Å². The number of fused-ring (bicyclic) bond motifs is 1. The fraction of sp³-hybridized carbons (Fsp3) is 0.265. The molecule has 1 heterocycles. The Morgan fingerprint density at radius 2 is 1.58 bits per heavy atom. The molecule has 3 aromatic carbocycles. The van der Waals surface area contributed by atoms with E-state index in [1.807, 2.05) is 30.3 Å². The maximum Gasteiger partial charge on any atom is 0.408 e. The highest BCUT2D eigenvalue weighted by atomic mass is 31.2. The van der Waals surface area contributed by atoms with Crippen LogP contribution in [-0.2, 0) is 43.1 Å². The number of aromatic amines is 1. The van der Waals surface area contributed by atoms with Gasteiger partial charge in [0.05, 0.1) is 13.0 Å². The second-order valence-electron chi connectivity index (χ2n) is 10.6. The van der Waals surface area contributed by atoms with Gasteiger partial charge in [0.1, 0.15) is 18.4 Å². The fourth-order valence-electron chi connectivity index (χ4n) is 5.00. The molecule has 0 saturated heterocycles. The van der Waals surface area contributed by atoms with Crippen LogP contribution < -0.4 is 10.6 Å². The summed E-state index contributed by atoms with van der Waals surface area (Å²) in [6.45, 7) is -0.0338. The van der Waals surface area contributed by atoms with Crippen LogP contribution in [0.4, 0.5) is 4.79 Å². The fourth-order valence-corrected chi connectivity index (χ4v) is 6.99. The Morgan fingerprint density at radius 3 is 2.24 bits per heavy atom. The number of alkyl carbamates (subject to hydrolysis) is 1. The molecule has 10 nitrogen and oxygen atoms in total. The molecule has 0 saturated carbocycles. The first kappa shape index (κ1) is 33.1. The van der Waals surface area contributed by atoms with Gasteiger partial charge in [0.15, 0.2) is 0 Å². The smallest absolute Gasteiger partial charge is 0.408 e. The summed E-state index contributed by atoms with van der Waals surface area (Å²) >= 11 is 0. The van der Waals surface area contributed by atoms with Gasteiger partial charge in [0.2, 0.25) is 13.3 Å². The number of carbonyl (C=O) groups excluding carboxylic acids is 3. The number of para-hydroxylation sites is 1. The summed E-state index contributed by atoms with van der Waals surface area (Å²) in [4.78, 5) is 53.5. The highest BCUT2D eigenvalue weighted by Gasteiger charge is 2.38. The molecule has 4 N–H and O–H groups in total. The largest absolute Gasteiger partial charge is 0.467 e. The normalized spacial score (nSPS) is 14.2. The number of methoxy groups -OCH3 is 1. The van der Waals surface area contributed by atoms with Crippen molar-refractivity contribution in [3.63, 3.8) is 0 Å². The minimum Gasteiger partial charge on any atom is -0.467 e. The minimum absolute atomic E-state index is 0.00476. The van der Waals surface area contributed by atoms with Gasteiger partial charge in [-0.2, -0.15) is 0 Å². The van der Waals surface area contributed by atoms with Crippen LogP contribution in [0.15, 0.2) is 91.1 Å². The first-order chi connectivity index (χ1) is 21.7. The summed E-state index contributed by atoms with van der Waals surface area (Å²) in [7, 11) is -3.09. The van der Waals surface area contributed by atoms with E-state index < -0.39 is 49.2 Å². The molecule has 4 rings (SSSR count). The van der Waals surface area contributed by atoms with Gasteiger partial charge in [-0.15, -0.1) is 12.3 Å². The summed E-state index contributed by atoms with van der Waals surface area (Å²) in [5.41, 5.74) is 3.09. The molecule has 45 heavy (non-hydrogen) atoms. The predicted octanol–water partition coefficient (Wildman–Crippen LogP) is 4.77. The molecule has 0 aliphatic rings. The maximum atomic E-state index is 13.9. The third-order valence-electron chi connectivity index (χ3n) is 7.37. The number of hydrogen-bond acceptors (Lipinski definition) is 6. The van der Waals surface area contributed by atoms with E-state index in [1.54, 1.807) is 60.8 Å². The van der Waals surface area contributed by atoms with E-state index in [-0.39, 0.29) is 25.9 Å². The van der Waals surface area contributed by atoms with Crippen molar-refractivity contribution in [2.75, 3.05) is 13.3 Å². The first-order valence-corrected chi connectivity index (χ1v) is 16.3. The molecule has 4 atom stereocenters. The summed E-state index contributed by atoms with van der Waals surface area (Å²) in [6.07, 6.45) is 5.85. The monoisotopic (exact) mass is 629 g/mol. The summed E-state index contributed by atoms with van der Waals surface area (Å²) < 4.78 is 24.2. The molecular formula is C34H36N3O7P. The lowest BCUT2D eigenvalue weighted by atomic mass is 10.0. The predicted molar refractivity (Wildman–Crippen MR) is 171 cm³/mol. The molecule has 4 aromatic rings. The number of benzene rings is 3. The third-order valence-corrected chi connectivity index (χ3v) is 9.62. The summed E-state index contributed by atoms with van der Waals surface area (Å²) in [5.74, 6) is -1.37. The number of rotatable bonds is 14. The van der Waals surface area contributed by atoms with Crippen LogP contribution in [0.3, 0.4) is 0 Å². The Morgan fingerprint density at radius 1 is 0.933 bits per heavy atom. The zero-order valence-corrected chi connectivity index (χ0v) is 25.7. The van der Waals surface area contributed by atoms with Crippen molar-refractivity contribution in [1.82, 2.24) is 15.6 Å². The van der Waals surface area contributed by atoms with E-state index in [0.717, 1.165) is 22.0 Å². The Bertz CT molecular complexity index is 1680. The molecule has 0 spiro atoms. The van der Waals surface area contributed by atoms with Crippen LogP contribution >= 0.6 is 7.37 Å². The van der Waals surface area contributed by atoms with Crippen LogP contribution in [0.25, 0.3) is 10.9 Å². The number of aromatic nitrogens is 1. The molecule has 0 aliphatic heterocycles. The number of esters is 1. The van der Waals surface area contributed by atoms with E-state index in [2.05, 4.69) is 21.5 Å².